The van der Waals surface area contributed by atoms with Crippen molar-refractivity contribution in [3.05, 3.63) is 46.5 Å². The Morgan fingerprint density at radius 1 is 1.27 bits per heavy atom. The Balaban J connectivity index is 1.50. The average Bonchev–Trinajstić information content (AvgIpc) is 3.35. The first-order valence-corrected chi connectivity index (χ1v) is 8.96. The molecular weight excluding hydrogens is 354 g/mol. The fraction of sp³-hybridized carbons (Fsp3) is 0.278. The van der Waals surface area contributed by atoms with E-state index in [9.17, 15) is 4.79 Å². The van der Waals surface area contributed by atoms with Crippen LogP contribution in [0, 0.1) is 0 Å². The molecule has 0 fully saturated rings. The highest BCUT2D eigenvalue weighted by Crippen LogP contribution is 2.24. The summed E-state index contributed by atoms with van der Waals surface area (Å²) in [6.07, 6.45) is 0.659. The van der Waals surface area contributed by atoms with Crippen molar-refractivity contribution in [3.8, 4) is 22.9 Å². The molecule has 136 valence electrons. The molecule has 0 aliphatic rings. The highest BCUT2D eigenvalue weighted by atomic mass is 32.1. The molecule has 0 saturated heterocycles. The van der Waals surface area contributed by atoms with E-state index in [1.54, 1.807) is 31.6 Å². The van der Waals surface area contributed by atoms with Gasteiger partial charge in [-0.1, -0.05) is 5.16 Å². The van der Waals surface area contributed by atoms with Gasteiger partial charge in [-0.3, -0.25) is 4.79 Å². The van der Waals surface area contributed by atoms with Crippen LogP contribution in [0.5, 0.6) is 11.5 Å². The van der Waals surface area contributed by atoms with Gasteiger partial charge in [0, 0.05) is 42.0 Å². The summed E-state index contributed by atoms with van der Waals surface area (Å²) in [5.41, 5.74) is 1.79. The van der Waals surface area contributed by atoms with Crippen molar-refractivity contribution in [3.63, 3.8) is 0 Å². The van der Waals surface area contributed by atoms with Gasteiger partial charge in [0.1, 0.15) is 11.5 Å². The monoisotopic (exact) mass is 373 g/mol. The number of methoxy groups -OCH3 is 2. The molecule has 1 N–H and O–H groups in total. The van der Waals surface area contributed by atoms with Crippen LogP contribution in [0.4, 0.5) is 0 Å². The van der Waals surface area contributed by atoms with Crippen LogP contribution >= 0.6 is 11.3 Å². The number of nitrogens with one attached hydrogen (secondary N) is 1. The number of rotatable bonds is 8. The molecule has 1 amide bonds. The number of amides is 1. The highest BCUT2D eigenvalue weighted by molar-refractivity contribution is 7.08. The maximum Gasteiger partial charge on any atom is 0.227 e. The number of hydrogen-bond acceptors (Lipinski definition) is 7. The molecule has 7 nitrogen and oxygen atoms in total. The van der Waals surface area contributed by atoms with Crippen molar-refractivity contribution in [1.29, 1.82) is 0 Å². The molecule has 2 aromatic heterocycles. The third kappa shape index (κ3) is 4.40. The van der Waals surface area contributed by atoms with E-state index in [0.717, 1.165) is 11.1 Å². The van der Waals surface area contributed by atoms with E-state index < -0.39 is 0 Å². The van der Waals surface area contributed by atoms with Gasteiger partial charge in [0.05, 0.1) is 14.2 Å². The number of thiophene rings is 1. The summed E-state index contributed by atoms with van der Waals surface area (Å²) < 4.78 is 15.7. The molecule has 0 spiro atoms. The molecule has 0 bridgehead atoms. The first kappa shape index (κ1) is 17.9. The van der Waals surface area contributed by atoms with E-state index in [2.05, 4.69) is 15.5 Å². The first-order valence-electron chi connectivity index (χ1n) is 8.02. The van der Waals surface area contributed by atoms with E-state index in [4.69, 9.17) is 14.0 Å². The zero-order chi connectivity index (χ0) is 18.4. The molecule has 1 aromatic carbocycles. The van der Waals surface area contributed by atoms with E-state index in [1.807, 2.05) is 29.0 Å². The van der Waals surface area contributed by atoms with Gasteiger partial charge in [0.25, 0.3) is 0 Å². The van der Waals surface area contributed by atoms with E-state index in [-0.39, 0.29) is 12.3 Å². The SMILES string of the molecule is COc1ccc(CNC(=O)CCc2nc(-c3ccsc3)no2)c(OC)c1. The van der Waals surface area contributed by atoms with Gasteiger partial charge in [-0.25, -0.2) is 0 Å². The van der Waals surface area contributed by atoms with Crippen LogP contribution in [0.3, 0.4) is 0 Å². The van der Waals surface area contributed by atoms with Crippen LogP contribution < -0.4 is 14.8 Å². The number of hydrogen-bond donors (Lipinski definition) is 1. The molecule has 2 heterocycles. The van der Waals surface area contributed by atoms with Crippen LogP contribution in [0.15, 0.2) is 39.5 Å². The molecular formula is C18H19N3O4S. The lowest BCUT2D eigenvalue weighted by Gasteiger charge is -2.11. The number of benzene rings is 1. The van der Waals surface area contributed by atoms with Crippen molar-refractivity contribution in [2.75, 3.05) is 14.2 Å². The molecule has 0 unspecified atom stereocenters. The highest BCUT2D eigenvalue weighted by Gasteiger charge is 2.12. The third-order valence-corrected chi connectivity index (χ3v) is 4.47. The summed E-state index contributed by atoms with van der Waals surface area (Å²) in [6.45, 7) is 0.371. The maximum atomic E-state index is 12.1. The quantitative estimate of drug-likeness (QED) is 0.653. The van der Waals surface area contributed by atoms with Crippen LogP contribution in [0.25, 0.3) is 11.4 Å². The third-order valence-electron chi connectivity index (χ3n) is 3.78. The predicted octanol–water partition coefficient (Wildman–Crippen LogP) is 3.06. The molecule has 0 radical (unpaired) electrons. The van der Waals surface area contributed by atoms with E-state index in [0.29, 0.717) is 36.2 Å². The summed E-state index contributed by atoms with van der Waals surface area (Å²) in [5, 5.41) is 10.7. The Labute approximate surface area is 154 Å². The van der Waals surface area contributed by atoms with Crippen LogP contribution in [-0.4, -0.2) is 30.3 Å². The lowest BCUT2D eigenvalue weighted by molar-refractivity contribution is -0.121. The van der Waals surface area contributed by atoms with Crippen LogP contribution in [0.1, 0.15) is 17.9 Å². The van der Waals surface area contributed by atoms with Gasteiger partial charge in [-0.2, -0.15) is 16.3 Å². The molecule has 8 heteroatoms. The zero-order valence-electron chi connectivity index (χ0n) is 14.5. The minimum atomic E-state index is -0.0989. The standard InChI is InChI=1S/C18H19N3O4S/c1-23-14-4-3-12(15(9-14)24-2)10-19-16(22)5-6-17-20-18(21-25-17)13-7-8-26-11-13/h3-4,7-9,11H,5-6,10H2,1-2H3,(H,19,22). The number of ether oxygens (including phenoxy) is 2. The van der Waals surface area contributed by atoms with Gasteiger partial charge in [0.15, 0.2) is 0 Å². The topological polar surface area (TPSA) is 86.5 Å². The predicted molar refractivity (Wildman–Crippen MR) is 97.3 cm³/mol. The van der Waals surface area contributed by atoms with Gasteiger partial charge in [-0.15, -0.1) is 0 Å². The molecule has 0 aliphatic carbocycles. The Morgan fingerprint density at radius 3 is 2.88 bits per heavy atom. The van der Waals surface area contributed by atoms with Crippen LogP contribution in [0.2, 0.25) is 0 Å². The molecule has 0 atom stereocenters. The molecule has 0 saturated carbocycles. The second-order valence-corrected chi connectivity index (χ2v) is 6.26. The van der Waals surface area contributed by atoms with Crippen LogP contribution in [-0.2, 0) is 17.8 Å². The summed E-state index contributed by atoms with van der Waals surface area (Å²) in [6, 6.07) is 7.40. The minimum Gasteiger partial charge on any atom is -0.497 e. The average molecular weight is 373 g/mol. The number of carbonyl (C=O) groups excluding carboxylic acids is 1. The number of carbonyl (C=O) groups is 1. The van der Waals surface area contributed by atoms with Gasteiger partial charge >= 0.3 is 0 Å². The fourth-order valence-electron chi connectivity index (χ4n) is 2.37. The number of aryl methyl sites for hydroxylation is 1. The maximum absolute atomic E-state index is 12.1. The lowest BCUT2D eigenvalue weighted by Crippen LogP contribution is -2.23. The van der Waals surface area contributed by atoms with Crippen molar-refractivity contribution in [2.45, 2.75) is 19.4 Å². The van der Waals surface area contributed by atoms with E-state index >= 15 is 0 Å². The molecule has 0 aliphatic heterocycles. The minimum absolute atomic E-state index is 0.0989. The Morgan fingerprint density at radius 2 is 2.15 bits per heavy atom. The fourth-order valence-corrected chi connectivity index (χ4v) is 3.00. The van der Waals surface area contributed by atoms with Gasteiger partial charge in [-0.05, 0) is 23.6 Å². The largest absolute Gasteiger partial charge is 0.497 e. The first-order chi connectivity index (χ1) is 12.7. The number of nitrogens with zero attached hydrogens (tertiary/aromatic N) is 2. The Hall–Kier alpha value is -2.87. The van der Waals surface area contributed by atoms with Crippen molar-refractivity contribution >= 4 is 17.2 Å². The summed E-state index contributed by atoms with van der Waals surface area (Å²) >= 11 is 1.57. The smallest absolute Gasteiger partial charge is 0.227 e. The second-order valence-electron chi connectivity index (χ2n) is 5.48. The van der Waals surface area contributed by atoms with Crippen molar-refractivity contribution in [2.24, 2.45) is 0 Å². The van der Waals surface area contributed by atoms with Gasteiger partial charge in [0.2, 0.25) is 17.6 Å². The van der Waals surface area contributed by atoms with Gasteiger partial charge < -0.3 is 19.3 Å². The summed E-state index contributed by atoms with van der Waals surface area (Å²) in [5.74, 6) is 2.27. The summed E-state index contributed by atoms with van der Waals surface area (Å²) in [4.78, 5) is 16.4. The van der Waals surface area contributed by atoms with E-state index in [1.165, 1.54) is 0 Å². The second kappa shape index (κ2) is 8.48. The number of aromatic nitrogens is 2. The lowest BCUT2D eigenvalue weighted by atomic mass is 10.2. The van der Waals surface area contributed by atoms with Crippen molar-refractivity contribution < 1.29 is 18.8 Å². The molecule has 3 aromatic rings. The zero-order valence-corrected chi connectivity index (χ0v) is 15.3. The summed E-state index contributed by atoms with van der Waals surface area (Å²) in [7, 11) is 3.18. The Bertz CT molecular complexity index is 861. The van der Waals surface area contributed by atoms with Crippen molar-refractivity contribution in [1.82, 2.24) is 15.5 Å². The molecule has 3 rings (SSSR count). The molecule has 26 heavy (non-hydrogen) atoms. The Kier molecular flexibility index (Phi) is 5.85. The normalized spacial score (nSPS) is 10.5.